The molecule has 3 nitrogen and oxygen atoms in total. The van der Waals surface area contributed by atoms with Gasteiger partial charge in [-0.1, -0.05) is 192 Å². The van der Waals surface area contributed by atoms with Crippen LogP contribution >= 0.6 is 11.8 Å². The van der Waals surface area contributed by atoms with E-state index in [-0.39, 0.29) is 14.9 Å². The van der Waals surface area contributed by atoms with Crippen LogP contribution < -0.4 is 0 Å². The number of unbranched alkanes of at least 4 members (excludes halogenated alkanes) is 9. The highest BCUT2D eigenvalue weighted by Gasteiger charge is 1.93. The van der Waals surface area contributed by atoms with Crippen LogP contribution in [0.15, 0.2) is 78.2 Å². The first-order valence-electron chi connectivity index (χ1n) is 21.5. The zero-order valence-electron chi connectivity index (χ0n) is 37.9. The van der Waals surface area contributed by atoms with E-state index in [0.717, 1.165) is 13.0 Å². The summed E-state index contributed by atoms with van der Waals surface area (Å²) in [4.78, 5) is 7.70. The van der Waals surface area contributed by atoms with Gasteiger partial charge in [-0.2, -0.15) is 0 Å². The summed E-state index contributed by atoms with van der Waals surface area (Å²) in [5, 5.41) is 0. The summed E-state index contributed by atoms with van der Waals surface area (Å²) < 4.78 is 2.12. The van der Waals surface area contributed by atoms with Crippen molar-refractivity contribution in [1.29, 1.82) is 0 Å². The Bertz CT molecular complexity index is 918. The molecular formula is C50H101N3S. The van der Waals surface area contributed by atoms with E-state index in [0.29, 0.717) is 0 Å². The summed E-state index contributed by atoms with van der Waals surface area (Å²) >= 11 is 1.78. The number of aromatic nitrogens is 2. The fourth-order valence-corrected chi connectivity index (χ4v) is 4.43. The summed E-state index contributed by atoms with van der Waals surface area (Å²) in [6, 6.07) is 16.6. The maximum absolute atomic E-state index is 3.96. The maximum atomic E-state index is 3.96. The van der Waals surface area contributed by atoms with Crippen LogP contribution in [-0.2, 0) is 13.0 Å². The smallest absolute Gasteiger partial charge is 0.0299 e. The predicted octanol–water partition coefficient (Wildman–Crippen LogP) is 17.7. The van der Waals surface area contributed by atoms with Crippen molar-refractivity contribution in [2.24, 2.45) is 0 Å². The van der Waals surface area contributed by atoms with Gasteiger partial charge < -0.3 is 9.47 Å². The first kappa shape index (κ1) is 66.8. The summed E-state index contributed by atoms with van der Waals surface area (Å²) in [7, 11) is 2.21. The second-order valence-electron chi connectivity index (χ2n) is 12.7. The van der Waals surface area contributed by atoms with Crippen molar-refractivity contribution in [3.63, 3.8) is 0 Å². The summed E-state index contributed by atoms with van der Waals surface area (Å²) in [6.45, 7) is 31.7. The van der Waals surface area contributed by atoms with E-state index >= 15 is 0 Å². The Kier molecular flexibility index (Phi) is 77.8. The maximum Gasteiger partial charge on any atom is 0.0299 e. The molecule has 1 aromatic carbocycles. The Balaban J connectivity index is -0.0000000955. The van der Waals surface area contributed by atoms with Crippen molar-refractivity contribution in [3.8, 4) is 0 Å². The lowest BCUT2D eigenvalue weighted by Crippen LogP contribution is -2.20. The van der Waals surface area contributed by atoms with E-state index in [1.165, 1.54) is 119 Å². The molecule has 0 radical (unpaired) electrons. The molecule has 4 heteroatoms. The molecule has 0 spiro atoms. The van der Waals surface area contributed by atoms with Gasteiger partial charge in [-0.05, 0) is 95.4 Å². The molecule has 0 atom stereocenters. The topological polar surface area (TPSA) is 21.1 Å². The fraction of sp³-hybridized carbons (Fsp3) is 0.700. The quantitative estimate of drug-likeness (QED) is 0.107. The Morgan fingerprint density at radius 2 is 1.06 bits per heavy atom. The Morgan fingerprint density at radius 1 is 0.574 bits per heavy atom. The molecule has 322 valence electrons. The SMILES string of the molecule is C.C.CC.CCCC.CCCCC.CCCCCCC.CCCCCN(C)CCC.CCc1cccnc1.CCn1cccc1.CSc1ccc(C)cc1. The minimum atomic E-state index is 0. The molecule has 0 amide bonds. The predicted molar refractivity (Wildman–Crippen MR) is 259 cm³/mol. The number of benzene rings is 1. The highest BCUT2D eigenvalue weighted by molar-refractivity contribution is 7.98. The van der Waals surface area contributed by atoms with Gasteiger partial charge in [-0.15, -0.1) is 11.8 Å². The molecule has 0 fully saturated rings. The standard InChI is InChI=1S/C9H21N.C8H10S.C7H9N.C7H16.C6H9N.C5H12.C4H10.C2H6.2CH4/c1-4-6-7-9-10(3)8-5-2;1-7-3-5-8(9-2)6-4-7;1-2-7-4-3-5-8-6-7;1-3-5-7-6-4-2;1-2-7-5-3-4-6-7;1-3-5-4-2;1-3-4-2;1-2;;/h4-9H2,1-3H3;3-6H,1-2H3;3-6H,2H2,1H3;3-7H2,1-2H3;3-6H,2H2,1H3;3-5H2,1-2H3;3-4H2,1-2H3;1-2H3;2*1H4. The minimum absolute atomic E-state index is 0. The van der Waals surface area contributed by atoms with Crippen LogP contribution in [-0.4, -0.2) is 40.8 Å². The van der Waals surface area contributed by atoms with Gasteiger partial charge >= 0.3 is 0 Å². The number of rotatable bonds is 16. The second-order valence-corrected chi connectivity index (χ2v) is 13.5. The van der Waals surface area contributed by atoms with Gasteiger partial charge in [-0.3, -0.25) is 4.98 Å². The van der Waals surface area contributed by atoms with Crippen molar-refractivity contribution in [3.05, 3.63) is 84.4 Å². The van der Waals surface area contributed by atoms with E-state index in [1.807, 2.05) is 38.2 Å². The molecule has 0 N–H and O–H groups in total. The van der Waals surface area contributed by atoms with E-state index in [9.17, 15) is 0 Å². The van der Waals surface area contributed by atoms with Crippen LogP contribution in [0.4, 0.5) is 0 Å². The van der Waals surface area contributed by atoms with Crippen LogP contribution in [0.3, 0.4) is 0 Å². The highest BCUT2D eigenvalue weighted by atomic mass is 32.2. The van der Waals surface area contributed by atoms with Crippen LogP contribution in [0, 0.1) is 6.92 Å². The second kappa shape index (κ2) is 62.9. The van der Waals surface area contributed by atoms with Gasteiger partial charge in [0.2, 0.25) is 0 Å². The van der Waals surface area contributed by atoms with E-state index in [1.54, 1.807) is 18.0 Å². The van der Waals surface area contributed by atoms with Crippen molar-refractivity contribution >= 4 is 11.8 Å². The number of nitrogens with zero attached hydrogens (tertiary/aromatic N) is 3. The Hall–Kier alpha value is -2.04. The summed E-state index contributed by atoms with van der Waals surface area (Å²) in [5.74, 6) is 0. The summed E-state index contributed by atoms with van der Waals surface area (Å²) in [6.07, 6.45) is 30.0. The molecule has 54 heavy (non-hydrogen) atoms. The first-order chi connectivity index (χ1) is 25.2. The van der Waals surface area contributed by atoms with Gasteiger partial charge in [0.1, 0.15) is 0 Å². The third-order valence-electron chi connectivity index (χ3n) is 7.58. The van der Waals surface area contributed by atoms with Crippen LogP contribution in [0.2, 0.25) is 0 Å². The largest absolute Gasteiger partial charge is 0.355 e. The van der Waals surface area contributed by atoms with E-state index in [2.05, 4.69) is 147 Å². The lowest BCUT2D eigenvalue weighted by Gasteiger charge is -2.14. The van der Waals surface area contributed by atoms with Crippen molar-refractivity contribution < 1.29 is 0 Å². The number of thioether (sulfide) groups is 1. The fourth-order valence-electron chi connectivity index (χ4n) is 4.02. The molecular weight excluding hydrogens is 675 g/mol. The summed E-state index contributed by atoms with van der Waals surface area (Å²) in [5.41, 5.74) is 2.63. The van der Waals surface area contributed by atoms with Gasteiger partial charge in [0.25, 0.3) is 0 Å². The number of aryl methyl sites for hydroxylation is 3. The molecule has 0 saturated carbocycles. The van der Waals surface area contributed by atoms with Crippen LogP contribution in [0.1, 0.15) is 199 Å². The molecule has 0 unspecified atom stereocenters. The molecule has 2 aromatic heterocycles. The molecule has 0 aliphatic carbocycles. The van der Waals surface area contributed by atoms with Crippen LogP contribution in [0.25, 0.3) is 0 Å². The average molecular weight is 776 g/mol. The molecule has 2 heterocycles. The molecule has 3 aromatic rings. The zero-order chi connectivity index (χ0) is 40.5. The molecule has 0 aliphatic heterocycles. The van der Waals surface area contributed by atoms with Gasteiger partial charge in [0.15, 0.2) is 0 Å². The van der Waals surface area contributed by atoms with E-state index in [4.69, 9.17) is 0 Å². The third-order valence-corrected chi connectivity index (χ3v) is 8.33. The normalized spacial score (nSPS) is 8.81. The number of hydrogen-bond donors (Lipinski definition) is 0. The van der Waals surface area contributed by atoms with E-state index < -0.39 is 0 Å². The Morgan fingerprint density at radius 3 is 1.35 bits per heavy atom. The number of pyridine rings is 1. The number of hydrogen-bond acceptors (Lipinski definition) is 3. The lowest BCUT2D eigenvalue weighted by molar-refractivity contribution is 0.326. The van der Waals surface area contributed by atoms with Crippen molar-refractivity contribution in [1.82, 2.24) is 14.5 Å². The molecule has 0 saturated heterocycles. The first-order valence-corrected chi connectivity index (χ1v) is 22.8. The van der Waals surface area contributed by atoms with Gasteiger partial charge in [0.05, 0.1) is 0 Å². The monoisotopic (exact) mass is 776 g/mol. The Labute approximate surface area is 348 Å². The average Bonchev–Trinajstić information content (AvgIpc) is 3.73. The van der Waals surface area contributed by atoms with Crippen molar-refractivity contribution in [2.45, 2.75) is 213 Å². The minimum Gasteiger partial charge on any atom is -0.355 e. The van der Waals surface area contributed by atoms with Crippen molar-refractivity contribution in [2.75, 3.05) is 26.4 Å². The van der Waals surface area contributed by atoms with Crippen LogP contribution in [0.5, 0.6) is 0 Å². The van der Waals surface area contributed by atoms with Gasteiger partial charge in [0, 0.05) is 36.2 Å². The zero-order valence-corrected chi connectivity index (χ0v) is 38.7. The molecule has 3 rings (SSSR count). The van der Waals surface area contributed by atoms with Gasteiger partial charge in [-0.25, -0.2) is 0 Å². The molecule has 0 aliphatic rings. The molecule has 0 bridgehead atoms. The third kappa shape index (κ3) is 62.0. The lowest BCUT2D eigenvalue weighted by atomic mass is 10.2. The highest BCUT2D eigenvalue weighted by Crippen LogP contribution is 2.13.